The minimum Gasteiger partial charge on any atom is -0.469 e. The predicted molar refractivity (Wildman–Crippen MR) is 68.9 cm³/mol. The highest BCUT2D eigenvalue weighted by Crippen LogP contribution is 2.29. The molecule has 1 saturated carbocycles. The standard InChI is InChI=1S/C12H16N2O2S/c1-8-10(5-7-16-8)12(15)14(9-2-3-9)6-4-11(13)17/h5,7,9H,2-4,6H2,1H3,(H2,13,17). The molecule has 17 heavy (non-hydrogen) atoms. The summed E-state index contributed by atoms with van der Waals surface area (Å²) in [5.74, 6) is 0.686. The second kappa shape index (κ2) is 4.87. The van der Waals surface area contributed by atoms with Gasteiger partial charge >= 0.3 is 0 Å². The van der Waals surface area contributed by atoms with Gasteiger partial charge in [0.15, 0.2) is 0 Å². The van der Waals surface area contributed by atoms with Gasteiger partial charge in [-0.25, -0.2) is 0 Å². The summed E-state index contributed by atoms with van der Waals surface area (Å²) >= 11 is 4.85. The number of amides is 1. The second-order valence-electron chi connectivity index (χ2n) is 4.34. The van der Waals surface area contributed by atoms with E-state index in [0.717, 1.165) is 12.8 Å². The second-order valence-corrected chi connectivity index (χ2v) is 4.86. The van der Waals surface area contributed by atoms with Crippen LogP contribution in [0.5, 0.6) is 0 Å². The Morgan fingerprint density at radius 3 is 2.82 bits per heavy atom. The summed E-state index contributed by atoms with van der Waals surface area (Å²) in [6.07, 6.45) is 4.26. The van der Waals surface area contributed by atoms with Crippen LogP contribution in [-0.4, -0.2) is 28.4 Å². The smallest absolute Gasteiger partial charge is 0.257 e. The molecule has 1 aliphatic carbocycles. The Bertz CT molecular complexity index is 437. The molecular formula is C12H16N2O2S. The Morgan fingerprint density at radius 1 is 1.65 bits per heavy atom. The first-order valence-corrected chi connectivity index (χ1v) is 6.14. The van der Waals surface area contributed by atoms with Crippen LogP contribution in [0.2, 0.25) is 0 Å². The predicted octanol–water partition coefficient (Wildman–Crippen LogP) is 1.87. The van der Waals surface area contributed by atoms with E-state index >= 15 is 0 Å². The van der Waals surface area contributed by atoms with Crippen LogP contribution in [0.3, 0.4) is 0 Å². The van der Waals surface area contributed by atoms with Crippen molar-refractivity contribution in [2.75, 3.05) is 6.54 Å². The maximum Gasteiger partial charge on any atom is 0.257 e. The Balaban J connectivity index is 2.08. The van der Waals surface area contributed by atoms with Gasteiger partial charge in [0.25, 0.3) is 5.91 Å². The lowest BCUT2D eigenvalue weighted by Crippen LogP contribution is -2.35. The van der Waals surface area contributed by atoms with Gasteiger partial charge in [0.1, 0.15) is 5.76 Å². The van der Waals surface area contributed by atoms with Crippen LogP contribution in [0.25, 0.3) is 0 Å². The lowest BCUT2D eigenvalue weighted by molar-refractivity contribution is 0.0746. The number of carbonyl (C=O) groups is 1. The van der Waals surface area contributed by atoms with E-state index in [1.54, 1.807) is 19.3 Å². The number of nitrogens with zero attached hydrogens (tertiary/aromatic N) is 1. The van der Waals surface area contributed by atoms with Crippen LogP contribution in [0.4, 0.5) is 0 Å². The number of hydrogen-bond donors (Lipinski definition) is 1. The van der Waals surface area contributed by atoms with Crippen LogP contribution in [-0.2, 0) is 0 Å². The molecule has 1 aromatic heterocycles. The molecular weight excluding hydrogens is 236 g/mol. The van der Waals surface area contributed by atoms with Crippen LogP contribution >= 0.6 is 12.2 Å². The molecule has 5 heteroatoms. The summed E-state index contributed by atoms with van der Waals surface area (Å²) in [6.45, 7) is 2.40. The van der Waals surface area contributed by atoms with E-state index in [1.165, 1.54) is 0 Å². The number of nitrogens with two attached hydrogens (primary N) is 1. The summed E-state index contributed by atoms with van der Waals surface area (Å²) in [6, 6.07) is 2.07. The highest BCUT2D eigenvalue weighted by Gasteiger charge is 2.33. The van der Waals surface area contributed by atoms with E-state index in [9.17, 15) is 4.79 Å². The summed E-state index contributed by atoms with van der Waals surface area (Å²) in [7, 11) is 0. The van der Waals surface area contributed by atoms with E-state index in [-0.39, 0.29) is 5.91 Å². The maximum atomic E-state index is 12.3. The van der Waals surface area contributed by atoms with Crippen LogP contribution < -0.4 is 5.73 Å². The van der Waals surface area contributed by atoms with E-state index in [1.807, 2.05) is 4.90 Å². The fourth-order valence-electron chi connectivity index (χ4n) is 1.83. The summed E-state index contributed by atoms with van der Waals surface area (Å²) < 4.78 is 5.16. The number of carbonyl (C=O) groups excluding carboxylic acids is 1. The largest absolute Gasteiger partial charge is 0.469 e. The quantitative estimate of drug-likeness (QED) is 0.813. The first-order valence-electron chi connectivity index (χ1n) is 5.73. The Hall–Kier alpha value is -1.36. The number of aryl methyl sites for hydroxylation is 1. The molecule has 2 N–H and O–H groups in total. The molecule has 92 valence electrons. The molecule has 0 spiro atoms. The molecule has 0 aliphatic heterocycles. The molecule has 1 fully saturated rings. The maximum absolute atomic E-state index is 12.3. The number of thiocarbonyl (C=S) groups is 1. The average molecular weight is 252 g/mol. The van der Waals surface area contributed by atoms with Gasteiger partial charge in [-0.3, -0.25) is 4.79 Å². The molecule has 0 aromatic carbocycles. The van der Waals surface area contributed by atoms with Gasteiger partial charge in [0, 0.05) is 19.0 Å². The zero-order valence-electron chi connectivity index (χ0n) is 9.81. The van der Waals surface area contributed by atoms with Crippen molar-refractivity contribution in [3.05, 3.63) is 23.7 Å². The summed E-state index contributed by atoms with van der Waals surface area (Å²) in [5, 5.41) is 0. The molecule has 0 unspecified atom stereocenters. The number of rotatable bonds is 5. The minimum atomic E-state index is 0.0231. The minimum absolute atomic E-state index is 0.0231. The Labute approximate surface area is 106 Å². The summed E-state index contributed by atoms with van der Waals surface area (Å²) in [4.78, 5) is 14.6. The molecule has 1 amide bonds. The first kappa shape index (κ1) is 12.1. The van der Waals surface area contributed by atoms with Gasteiger partial charge in [-0.15, -0.1) is 0 Å². The van der Waals surface area contributed by atoms with Gasteiger partial charge in [-0.1, -0.05) is 12.2 Å². The van der Waals surface area contributed by atoms with Gasteiger partial charge < -0.3 is 15.1 Å². The van der Waals surface area contributed by atoms with Crippen molar-refractivity contribution in [1.29, 1.82) is 0 Å². The van der Waals surface area contributed by atoms with E-state index in [4.69, 9.17) is 22.4 Å². The van der Waals surface area contributed by atoms with Crippen molar-refractivity contribution >= 4 is 23.1 Å². The fraction of sp³-hybridized carbons (Fsp3) is 0.500. The molecule has 2 rings (SSSR count). The highest BCUT2D eigenvalue weighted by atomic mass is 32.1. The summed E-state index contributed by atoms with van der Waals surface area (Å²) in [5.41, 5.74) is 6.12. The normalized spacial score (nSPS) is 14.6. The average Bonchev–Trinajstić information content (AvgIpc) is 3.00. The fourth-order valence-corrected chi connectivity index (χ4v) is 1.92. The van der Waals surface area contributed by atoms with Crippen molar-refractivity contribution in [3.63, 3.8) is 0 Å². The Kier molecular flexibility index (Phi) is 3.47. The molecule has 1 heterocycles. The van der Waals surface area contributed by atoms with Crippen LogP contribution in [0, 0.1) is 6.92 Å². The third-order valence-electron chi connectivity index (χ3n) is 2.94. The van der Waals surface area contributed by atoms with Crippen molar-refractivity contribution in [1.82, 2.24) is 4.90 Å². The molecule has 0 bridgehead atoms. The van der Waals surface area contributed by atoms with Crippen LogP contribution in [0.15, 0.2) is 16.7 Å². The molecule has 4 nitrogen and oxygen atoms in total. The SMILES string of the molecule is Cc1occc1C(=O)N(CCC(N)=S)C1CC1. The topological polar surface area (TPSA) is 59.5 Å². The molecule has 0 saturated heterocycles. The van der Waals surface area contributed by atoms with Gasteiger partial charge in [-0.2, -0.15) is 0 Å². The first-order chi connectivity index (χ1) is 8.09. The van der Waals surface area contributed by atoms with Crippen molar-refractivity contribution in [2.24, 2.45) is 5.73 Å². The van der Waals surface area contributed by atoms with Crippen molar-refractivity contribution in [2.45, 2.75) is 32.2 Å². The zero-order chi connectivity index (χ0) is 12.4. The Morgan fingerprint density at radius 2 is 2.35 bits per heavy atom. The third-order valence-corrected chi connectivity index (χ3v) is 3.14. The molecule has 0 radical (unpaired) electrons. The monoisotopic (exact) mass is 252 g/mol. The third kappa shape index (κ3) is 2.85. The van der Waals surface area contributed by atoms with E-state index in [2.05, 4.69) is 0 Å². The lowest BCUT2D eigenvalue weighted by atomic mass is 10.2. The van der Waals surface area contributed by atoms with Gasteiger partial charge in [0.05, 0.1) is 16.8 Å². The van der Waals surface area contributed by atoms with Gasteiger partial charge in [-0.05, 0) is 25.8 Å². The van der Waals surface area contributed by atoms with E-state index < -0.39 is 0 Å². The zero-order valence-corrected chi connectivity index (χ0v) is 10.6. The number of furan rings is 1. The van der Waals surface area contributed by atoms with Crippen LogP contribution in [0.1, 0.15) is 35.4 Å². The lowest BCUT2D eigenvalue weighted by Gasteiger charge is -2.21. The van der Waals surface area contributed by atoms with Gasteiger partial charge in [0.2, 0.25) is 0 Å². The van der Waals surface area contributed by atoms with Crippen molar-refractivity contribution in [3.8, 4) is 0 Å². The highest BCUT2D eigenvalue weighted by molar-refractivity contribution is 7.80. The molecule has 0 atom stereocenters. The van der Waals surface area contributed by atoms with Crippen molar-refractivity contribution < 1.29 is 9.21 Å². The number of hydrogen-bond acceptors (Lipinski definition) is 3. The van der Waals surface area contributed by atoms with E-state index in [0.29, 0.717) is 35.3 Å². The molecule has 1 aromatic rings. The molecule has 1 aliphatic rings.